The molecule has 0 aliphatic carbocycles. The molecule has 0 fully saturated rings. The topological polar surface area (TPSA) is 59.1 Å². The summed E-state index contributed by atoms with van der Waals surface area (Å²) in [6.07, 6.45) is 2.18. The summed E-state index contributed by atoms with van der Waals surface area (Å²) in [7, 11) is -3.17. The molecular formula is C14H14N2O2S3. The Morgan fingerprint density at radius 1 is 1.29 bits per heavy atom. The number of nitrogens with zero attached hydrogens (tertiary/aromatic N) is 1. The fourth-order valence-corrected chi connectivity index (χ4v) is 4.32. The normalized spacial score (nSPS) is 11.9. The zero-order chi connectivity index (χ0) is 14.9. The van der Waals surface area contributed by atoms with Crippen LogP contribution in [0.2, 0.25) is 0 Å². The second-order valence-corrected chi connectivity index (χ2v) is 8.76. The van der Waals surface area contributed by atoms with Gasteiger partial charge in [-0.1, -0.05) is 17.4 Å². The Hall–Kier alpha value is -1.44. The number of hydrogen-bond acceptors (Lipinski definition) is 6. The van der Waals surface area contributed by atoms with Gasteiger partial charge in [-0.2, -0.15) is 0 Å². The number of aromatic nitrogens is 1. The highest BCUT2D eigenvalue weighted by Gasteiger charge is 2.10. The minimum Gasteiger partial charge on any atom is -0.361 e. The Morgan fingerprint density at radius 3 is 2.86 bits per heavy atom. The molecule has 1 aromatic carbocycles. The van der Waals surface area contributed by atoms with Gasteiger partial charge in [-0.05, 0) is 36.1 Å². The van der Waals surface area contributed by atoms with E-state index in [4.69, 9.17) is 0 Å². The van der Waals surface area contributed by atoms with Crippen LogP contribution < -0.4 is 5.32 Å². The van der Waals surface area contributed by atoms with Crippen LogP contribution >= 0.6 is 22.7 Å². The van der Waals surface area contributed by atoms with Crippen molar-refractivity contribution in [3.8, 4) is 0 Å². The monoisotopic (exact) mass is 338 g/mol. The summed E-state index contributed by atoms with van der Waals surface area (Å²) in [6.45, 7) is 0.819. The Labute approximate surface area is 131 Å². The van der Waals surface area contributed by atoms with Crippen molar-refractivity contribution in [1.82, 2.24) is 4.98 Å². The summed E-state index contributed by atoms with van der Waals surface area (Å²) in [5, 5.41) is 6.19. The molecule has 0 aliphatic rings. The zero-order valence-electron chi connectivity index (χ0n) is 11.4. The lowest BCUT2D eigenvalue weighted by Crippen LogP contribution is -2.03. The van der Waals surface area contributed by atoms with E-state index in [1.54, 1.807) is 29.5 Å². The Kier molecular flexibility index (Phi) is 3.97. The van der Waals surface area contributed by atoms with E-state index in [-0.39, 0.29) is 0 Å². The molecule has 4 nitrogen and oxygen atoms in total. The van der Waals surface area contributed by atoms with Crippen molar-refractivity contribution in [2.45, 2.75) is 11.3 Å². The van der Waals surface area contributed by atoms with E-state index in [9.17, 15) is 8.42 Å². The molecule has 0 amide bonds. The van der Waals surface area contributed by atoms with Crippen molar-refractivity contribution < 1.29 is 8.42 Å². The number of thiophene rings is 1. The molecule has 0 saturated carbocycles. The van der Waals surface area contributed by atoms with Crippen LogP contribution in [0.25, 0.3) is 10.2 Å². The van der Waals surface area contributed by atoms with Gasteiger partial charge in [0.1, 0.15) is 0 Å². The molecule has 0 saturated heterocycles. The van der Waals surface area contributed by atoms with E-state index < -0.39 is 9.84 Å². The van der Waals surface area contributed by atoms with Gasteiger partial charge in [0.05, 0.1) is 15.1 Å². The van der Waals surface area contributed by atoms with Crippen molar-refractivity contribution in [3.63, 3.8) is 0 Å². The summed E-state index contributed by atoms with van der Waals surface area (Å²) in [5.41, 5.74) is 0.825. The van der Waals surface area contributed by atoms with E-state index in [0.717, 1.165) is 28.3 Å². The molecule has 7 heteroatoms. The Morgan fingerprint density at radius 2 is 2.14 bits per heavy atom. The van der Waals surface area contributed by atoms with Gasteiger partial charge in [0, 0.05) is 17.7 Å². The first-order chi connectivity index (χ1) is 10.0. The van der Waals surface area contributed by atoms with Crippen molar-refractivity contribution in [1.29, 1.82) is 0 Å². The lowest BCUT2D eigenvalue weighted by atomic mass is 10.3. The maximum Gasteiger partial charge on any atom is 0.183 e. The van der Waals surface area contributed by atoms with Gasteiger partial charge in [-0.3, -0.25) is 0 Å². The van der Waals surface area contributed by atoms with Gasteiger partial charge in [0.15, 0.2) is 15.0 Å². The second-order valence-electron chi connectivity index (χ2n) is 4.68. The van der Waals surface area contributed by atoms with E-state index in [1.165, 1.54) is 22.5 Å². The van der Waals surface area contributed by atoms with E-state index in [1.807, 2.05) is 6.07 Å². The summed E-state index contributed by atoms with van der Waals surface area (Å²) in [4.78, 5) is 6.14. The molecule has 3 aromatic rings. The number of benzene rings is 1. The standard InChI is InChI=1S/C14H14N2O2S3/c1-21(17,18)11-4-5-12-13(9-11)20-14(16-12)15-7-6-10-3-2-8-19-10/h2-5,8-9H,6-7H2,1H3,(H,15,16). The summed E-state index contributed by atoms with van der Waals surface area (Å²) < 4.78 is 24.0. The molecule has 1 N–H and O–H groups in total. The summed E-state index contributed by atoms with van der Waals surface area (Å²) >= 11 is 3.23. The molecule has 0 radical (unpaired) electrons. The number of rotatable bonds is 5. The van der Waals surface area contributed by atoms with E-state index in [2.05, 4.69) is 21.7 Å². The smallest absolute Gasteiger partial charge is 0.183 e. The highest BCUT2D eigenvalue weighted by atomic mass is 32.2. The zero-order valence-corrected chi connectivity index (χ0v) is 13.8. The number of fused-ring (bicyclic) bond motifs is 1. The second kappa shape index (κ2) is 5.75. The third-order valence-corrected chi connectivity index (χ3v) is 6.04. The number of thiazole rings is 1. The quantitative estimate of drug-likeness (QED) is 0.774. The van der Waals surface area contributed by atoms with Gasteiger partial charge < -0.3 is 5.32 Å². The highest BCUT2D eigenvalue weighted by Crippen LogP contribution is 2.28. The van der Waals surface area contributed by atoms with E-state index >= 15 is 0 Å². The number of nitrogens with one attached hydrogen (secondary N) is 1. The van der Waals surface area contributed by atoms with Crippen LogP contribution in [0.4, 0.5) is 5.13 Å². The minimum absolute atomic E-state index is 0.337. The van der Waals surface area contributed by atoms with Gasteiger partial charge in [0.25, 0.3) is 0 Å². The van der Waals surface area contributed by atoms with Crippen LogP contribution in [0.5, 0.6) is 0 Å². The summed E-state index contributed by atoms with van der Waals surface area (Å²) in [5.74, 6) is 0. The highest BCUT2D eigenvalue weighted by molar-refractivity contribution is 7.90. The lowest BCUT2D eigenvalue weighted by molar-refractivity contribution is 0.602. The van der Waals surface area contributed by atoms with Crippen molar-refractivity contribution >= 4 is 47.9 Å². The third-order valence-electron chi connectivity index (χ3n) is 3.02. The minimum atomic E-state index is -3.17. The molecular weight excluding hydrogens is 324 g/mol. The van der Waals surface area contributed by atoms with Gasteiger partial charge in [-0.25, -0.2) is 13.4 Å². The molecule has 0 unspecified atom stereocenters. The number of hydrogen-bond donors (Lipinski definition) is 1. The van der Waals surface area contributed by atoms with Gasteiger partial charge in [-0.15, -0.1) is 11.3 Å². The predicted octanol–water partition coefficient (Wildman–Crippen LogP) is 3.42. The number of anilines is 1. The lowest BCUT2D eigenvalue weighted by Gasteiger charge is -1.99. The Balaban J connectivity index is 1.75. The van der Waals surface area contributed by atoms with Crippen LogP contribution in [0.1, 0.15) is 4.88 Å². The van der Waals surface area contributed by atoms with Crippen LogP contribution in [0.15, 0.2) is 40.6 Å². The van der Waals surface area contributed by atoms with Crippen LogP contribution in [0.3, 0.4) is 0 Å². The maximum absolute atomic E-state index is 11.6. The van der Waals surface area contributed by atoms with Crippen molar-refractivity contribution in [3.05, 3.63) is 40.6 Å². The molecule has 2 heterocycles. The average Bonchev–Trinajstić information content (AvgIpc) is 3.05. The summed E-state index contributed by atoms with van der Waals surface area (Å²) in [6, 6.07) is 9.21. The first-order valence-electron chi connectivity index (χ1n) is 6.39. The average molecular weight is 338 g/mol. The first-order valence-corrected chi connectivity index (χ1v) is 9.98. The SMILES string of the molecule is CS(=O)(=O)c1ccc2nc(NCCc3cccs3)sc2c1. The van der Waals surface area contributed by atoms with Crippen molar-refractivity contribution in [2.24, 2.45) is 0 Å². The van der Waals surface area contributed by atoms with Crippen LogP contribution in [-0.2, 0) is 16.3 Å². The molecule has 0 aliphatic heterocycles. The van der Waals surface area contributed by atoms with Gasteiger partial charge in [0.2, 0.25) is 0 Å². The molecule has 21 heavy (non-hydrogen) atoms. The van der Waals surface area contributed by atoms with Gasteiger partial charge >= 0.3 is 0 Å². The molecule has 0 spiro atoms. The maximum atomic E-state index is 11.6. The molecule has 2 aromatic heterocycles. The largest absolute Gasteiger partial charge is 0.361 e. The van der Waals surface area contributed by atoms with Crippen molar-refractivity contribution in [2.75, 3.05) is 18.1 Å². The van der Waals surface area contributed by atoms with E-state index in [0.29, 0.717) is 4.90 Å². The molecule has 0 atom stereocenters. The molecule has 3 rings (SSSR count). The number of sulfone groups is 1. The Bertz CT molecular complexity index is 852. The first kappa shape index (κ1) is 14.5. The molecule has 0 bridgehead atoms. The molecule has 110 valence electrons. The third kappa shape index (κ3) is 3.42. The fourth-order valence-electron chi connectivity index (χ4n) is 1.96. The van der Waals surface area contributed by atoms with Crippen LogP contribution in [-0.4, -0.2) is 26.2 Å². The fraction of sp³-hybridized carbons (Fsp3) is 0.214. The predicted molar refractivity (Wildman–Crippen MR) is 89.2 cm³/mol. The van der Waals surface area contributed by atoms with Crippen LogP contribution in [0, 0.1) is 0 Å².